The topological polar surface area (TPSA) is 71.9 Å². The van der Waals surface area contributed by atoms with Gasteiger partial charge in [0.05, 0.1) is 7.11 Å². The van der Waals surface area contributed by atoms with Gasteiger partial charge in [0.1, 0.15) is 5.75 Å². The molecule has 0 N–H and O–H groups in total. The molecule has 1 aromatic rings. The van der Waals surface area contributed by atoms with Crippen LogP contribution in [0, 0.1) is 0 Å². The Morgan fingerprint density at radius 2 is 1.73 bits per heavy atom. The fourth-order valence-corrected chi connectivity index (χ4v) is 4.31. The highest BCUT2D eigenvalue weighted by Gasteiger charge is 2.51. The van der Waals surface area contributed by atoms with Gasteiger partial charge < -0.3 is 24.3 Å². The first-order valence-electron chi connectivity index (χ1n) is 10.1. The van der Waals surface area contributed by atoms with E-state index >= 15 is 0 Å². The van der Waals surface area contributed by atoms with Gasteiger partial charge in [0.2, 0.25) is 0 Å². The number of carbonyl (C=O) groups excluding carboxylic acids is 2. The molecule has 3 heterocycles. The van der Waals surface area contributed by atoms with Crippen molar-refractivity contribution in [1.82, 2.24) is 19.6 Å². The number of anilines is 1. The Kier molecular flexibility index (Phi) is 5.27. The number of aliphatic imine (C=N–C) groups is 1. The molecule has 0 saturated carbocycles. The first-order chi connectivity index (χ1) is 14.5. The molecule has 9 heteroatoms. The highest BCUT2D eigenvalue weighted by molar-refractivity contribution is 6.03. The van der Waals surface area contributed by atoms with Crippen LogP contribution in [0.1, 0.15) is 0 Å². The van der Waals surface area contributed by atoms with E-state index in [2.05, 4.69) is 28.5 Å². The third-order valence-electron chi connectivity index (χ3n) is 6.02. The summed E-state index contributed by atoms with van der Waals surface area (Å²) in [5.74, 6) is 1.39. The quantitative estimate of drug-likeness (QED) is 0.684. The number of likely N-dealkylation sites (N-methyl/N-ethyl adjacent to an activating group) is 2. The van der Waals surface area contributed by atoms with Crippen LogP contribution in [0.4, 0.5) is 10.5 Å². The molecule has 2 fully saturated rings. The third kappa shape index (κ3) is 3.24. The van der Waals surface area contributed by atoms with E-state index in [0.29, 0.717) is 6.54 Å². The van der Waals surface area contributed by atoms with E-state index in [1.165, 1.54) is 11.9 Å². The number of nitrogens with zero attached hydrogens (tertiary/aromatic N) is 6. The van der Waals surface area contributed by atoms with E-state index in [4.69, 9.17) is 9.73 Å². The van der Waals surface area contributed by atoms with Crippen LogP contribution in [0.25, 0.3) is 0 Å². The molecule has 0 spiro atoms. The number of piperazine rings is 1. The number of benzene rings is 1. The average Bonchev–Trinajstić information content (AvgIpc) is 3.16. The number of ether oxygens (including phenoxy) is 1. The molecule has 0 bridgehead atoms. The van der Waals surface area contributed by atoms with Crippen molar-refractivity contribution in [1.29, 1.82) is 0 Å². The summed E-state index contributed by atoms with van der Waals surface area (Å²) in [6.45, 7) is 7.58. The SMILES string of the molecule is C=CCN1C(N2CCN(c3ccc(OC)cc3)CC2)=NC2C1C(=O)N(C)C(=O)N2C. The Hall–Kier alpha value is -3.23. The number of fused-ring (bicyclic) bond motifs is 1. The summed E-state index contributed by atoms with van der Waals surface area (Å²) in [4.78, 5) is 39.3. The molecule has 0 aliphatic carbocycles. The maximum absolute atomic E-state index is 12.9. The van der Waals surface area contributed by atoms with Gasteiger partial charge in [-0.25, -0.2) is 9.79 Å². The number of guanidine groups is 1. The minimum atomic E-state index is -0.509. The smallest absolute Gasteiger partial charge is 0.328 e. The second kappa shape index (κ2) is 7.89. The molecule has 1 aromatic carbocycles. The third-order valence-corrected chi connectivity index (χ3v) is 6.02. The Bertz CT molecular complexity index is 862. The number of rotatable bonds is 4. The Labute approximate surface area is 176 Å². The van der Waals surface area contributed by atoms with Crippen LogP contribution in [-0.4, -0.2) is 104 Å². The molecule has 2 unspecified atom stereocenters. The van der Waals surface area contributed by atoms with Gasteiger partial charge in [0, 0.05) is 52.5 Å². The van der Waals surface area contributed by atoms with Gasteiger partial charge in [-0.15, -0.1) is 6.58 Å². The summed E-state index contributed by atoms with van der Waals surface area (Å²) in [5.41, 5.74) is 1.16. The molecule has 3 aliphatic rings. The van der Waals surface area contributed by atoms with Gasteiger partial charge in [-0.1, -0.05) is 6.08 Å². The highest BCUT2D eigenvalue weighted by Crippen LogP contribution is 2.29. The van der Waals surface area contributed by atoms with Gasteiger partial charge in [-0.2, -0.15) is 0 Å². The van der Waals surface area contributed by atoms with Gasteiger partial charge in [-0.05, 0) is 24.3 Å². The van der Waals surface area contributed by atoms with Crippen LogP contribution in [0.15, 0.2) is 41.9 Å². The molecular weight excluding hydrogens is 384 g/mol. The van der Waals surface area contributed by atoms with Crippen molar-refractivity contribution in [3.05, 3.63) is 36.9 Å². The standard InChI is InChI=1S/C21H28N6O3/c1-5-10-27-17-18(23(2)21(29)24(3)19(17)28)22-20(27)26-13-11-25(12-14-26)15-6-8-16(30-4)9-7-15/h5-9,17-18H,1,10-14H2,2-4H3. The molecule has 3 amide bonds. The summed E-state index contributed by atoms with van der Waals surface area (Å²) in [5, 5.41) is 0. The number of imide groups is 1. The number of carbonyl (C=O) groups is 2. The highest BCUT2D eigenvalue weighted by atomic mass is 16.5. The van der Waals surface area contributed by atoms with Gasteiger partial charge in [0.15, 0.2) is 18.2 Å². The summed E-state index contributed by atoms with van der Waals surface area (Å²) in [7, 11) is 4.88. The second-order valence-electron chi connectivity index (χ2n) is 7.69. The lowest BCUT2D eigenvalue weighted by Crippen LogP contribution is -2.64. The van der Waals surface area contributed by atoms with Crippen LogP contribution in [0.2, 0.25) is 0 Å². The molecule has 2 saturated heterocycles. The monoisotopic (exact) mass is 412 g/mol. The van der Waals surface area contributed by atoms with Crippen molar-refractivity contribution in [3.63, 3.8) is 0 Å². The van der Waals surface area contributed by atoms with E-state index in [1.54, 1.807) is 25.1 Å². The number of hydrogen-bond donors (Lipinski definition) is 0. The van der Waals surface area contributed by atoms with Crippen molar-refractivity contribution in [3.8, 4) is 5.75 Å². The molecule has 9 nitrogen and oxygen atoms in total. The van der Waals surface area contributed by atoms with Gasteiger partial charge in [-0.3, -0.25) is 9.69 Å². The fraction of sp³-hybridized carbons (Fsp3) is 0.476. The number of hydrogen-bond acceptors (Lipinski definition) is 7. The van der Waals surface area contributed by atoms with Gasteiger partial charge >= 0.3 is 6.03 Å². The first-order valence-corrected chi connectivity index (χ1v) is 10.1. The normalized spacial score (nSPS) is 24.2. The lowest BCUT2D eigenvalue weighted by molar-refractivity contribution is -0.136. The number of methoxy groups -OCH3 is 1. The zero-order valence-electron chi connectivity index (χ0n) is 17.7. The summed E-state index contributed by atoms with van der Waals surface area (Å²) in [6, 6.07) is 7.23. The molecule has 0 radical (unpaired) electrons. The van der Waals surface area contributed by atoms with Crippen LogP contribution in [-0.2, 0) is 4.79 Å². The minimum Gasteiger partial charge on any atom is -0.497 e. The Morgan fingerprint density at radius 3 is 2.33 bits per heavy atom. The maximum atomic E-state index is 12.9. The Balaban J connectivity index is 1.51. The zero-order valence-corrected chi connectivity index (χ0v) is 17.7. The van der Waals surface area contributed by atoms with Crippen molar-refractivity contribution in [2.75, 3.05) is 58.8 Å². The molecule has 4 rings (SSSR count). The van der Waals surface area contributed by atoms with Crippen molar-refractivity contribution in [2.45, 2.75) is 12.2 Å². The minimum absolute atomic E-state index is 0.222. The lowest BCUT2D eigenvalue weighted by Gasteiger charge is -2.42. The summed E-state index contributed by atoms with van der Waals surface area (Å²) in [6.07, 6.45) is 1.27. The van der Waals surface area contributed by atoms with E-state index in [1.807, 2.05) is 17.0 Å². The largest absolute Gasteiger partial charge is 0.497 e. The van der Waals surface area contributed by atoms with Crippen LogP contribution in [0.5, 0.6) is 5.75 Å². The summed E-state index contributed by atoms with van der Waals surface area (Å²) < 4.78 is 5.24. The lowest BCUT2D eigenvalue weighted by atomic mass is 10.1. The molecular formula is C21H28N6O3. The van der Waals surface area contributed by atoms with Crippen molar-refractivity contribution >= 4 is 23.6 Å². The van der Waals surface area contributed by atoms with E-state index in [-0.39, 0.29) is 11.9 Å². The van der Waals surface area contributed by atoms with E-state index < -0.39 is 12.2 Å². The molecule has 2 atom stereocenters. The number of urea groups is 1. The van der Waals surface area contributed by atoms with Crippen molar-refractivity contribution in [2.24, 2.45) is 4.99 Å². The predicted octanol–water partition coefficient (Wildman–Crippen LogP) is 0.893. The van der Waals surface area contributed by atoms with Gasteiger partial charge in [0.25, 0.3) is 5.91 Å². The summed E-state index contributed by atoms with van der Waals surface area (Å²) >= 11 is 0. The average molecular weight is 412 g/mol. The first kappa shape index (κ1) is 20.1. The maximum Gasteiger partial charge on any atom is 0.328 e. The van der Waals surface area contributed by atoms with Crippen LogP contribution < -0.4 is 9.64 Å². The fourth-order valence-electron chi connectivity index (χ4n) is 4.31. The zero-order chi connectivity index (χ0) is 21.4. The predicted molar refractivity (Wildman–Crippen MR) is 115 cm³/mol. The molecule has 160 valence electrons. The van der Waals surface area contributed by atoms with E-state index in [0.717, 1.165) is 43.6 Å². The van der Waals surface area contributed by atoms with Crippen LogP contribution >= 0.6 is 0 Å². The second-order valence-corrected chi connectivity index (χ2v) is 7.69. The van der Waals surface area contributed by atoms with E-state index in [9.17, 15) is 9.59 Å². The molecule has 3 aliphatic heterocycles. The number of amides is 3. The van der Waals surface area contributed by atoms with Crippen LogP contribution in [0.3, 0.4) is 0 Å². The Morgan fingerprint density at radius 1 is 1.10 bits per heavy atom. The molecule has 30 heavy (non-hydrogen) atoms. The molecule has 0 aromatic heterocycles. The van der Waals surface area contributed by atoms with Crippen molar-refractivity contribution < 1.29 is 14.3 Å².